The van der Waals surface area contributed by atoms with Crippen LogP contribution in [-0.2, 0) is 4.79 Å². The van der Waals surface area contributed by atoms with E-state index in [1.54, 1.807) is 0 Å². The molecule has 0 spiro atoms. The fraction of sp³-hybridized carbons (Fsp3) is 0. The molecule has 0 unspecified atom stereocenters. The first-order valence-electron chi connectivity index (χ1n) is 2.63. The molecule has 0 aliphatic carbocycles. The van der Waals surface area contributed by atoms with Crippen molar-refractivity contribution in [1.29, 1.82) is 10.8 Å². The van der Waals surface area contributed by atoms with Gasteiger partial charge in [-0.3, -0.25) is 15.6 Å². The minimum absolute atomic E-state index is 0.113. The molecule has 1 rings (SSSR count). The second kappa shape index (κ2) is 2.34. The highest BCUT2D eigenvalue weighted by Gasteiger charge is 2.10. The third-order valence-corrected chi connectivity index (χ3v) is 1.11. The van der Waals surface area contributed by atoms with E-state index in [1.165, 1.54) is 12.3 Å². The highest BCUT2D eigenvalue weighted by atomic mass is 16.1. The molecular formula is C6H5N3O. The van der Waals surface area contributed by atoms with Crippen LogP contribution in [0.1, 0.15) is 0 Å². The molecule has 1 heterocycles. The van der Waals surface area contributed by atoms with Crippen LogP contribution in [0.4, 0.5) is 0 Å². The average molecular weight is 135 g/mol. The van der Waals surface area contributed by atoms with E-state index in [2.05, 4.69) is 4.99 Å². The molecule has 0 aromatic heterocycles. The Kier molecular flexibility index (Phi) is 1.53. The van der Waals surface area contributed by atoms with Crippen LogP contribution in [0.3, 0.4) is 0 Å². The molecule has 50 valence electrons. The van der Waals surface area contributed by atoms with E-state index in [0.29, 0.717) is 6.29 Å². The Labute approximate surface area is 57.3 Å². The summed E-state index contributed by atoms with van der Waals surface area (Å²) >= 11 is 0. The number of aldehydes is 1. The number of amidine groups is 1. The van der Waals surface area contributed by atoms with Gasteiger partial charge < -0.3 is 0 Å². The molecule has 4 nitrogen and oxygen atoms in total. The van der Waals surface area contributed by atoms with Gasteiger partial charge in [0.15, 0.2) is 12.1 Å². The lowest BCUT2D eigenvalue weighted by molar-refractivity contribution is -0.104. The van der Waals surface area contributed by atoms with Crippen molar-refractivity contribution in [3.8, 4) is 0 Å². The van der Waals surface area contributed by atoms with Crippen LogP contribution >= 0.6 is 0 Å². The first-order valence-corrected chi connectivity index (χ1v) is 2.63. The molecule has 0 radical (unpaired) electrons. The number of aliphatic imine (C=N–C) groups is 1. The monoisotopic (exact) mass is 135 g/mol. The summed E-state index contributed by atoms with van der Waals surface area (Å²) in [5.41, 5.74) is 0.0949. The first-order chi connectivity index (χ1) is 4.75. The third kappa shape index (κ3) is 0.907. The van der Waals surface area contributed by atoms with Gasteiger partial charge in [0.05, 0.1) is 0 Å². The molecule has 0 amide bonds. The molecule has 2 N–H and O–H groups in total. The number of carbonyl (C=O) groups excluding carboxylic acids is 1. The molecule has 4 heteroatoms. The fourth-order valence-electron chi connectivity index (χ4n) is 0.575. The number of rotatable bonds is 1. The van der Waals surface area contributed by atoms with E-state index in [-0.39, 0.29) is 17.1 Å². The lowest BCUT2D eigenvalue weighted by Crippen LogP contribution is -2.16. The minimum atomic E-state index is -0.162. The maximum Gasteiger partial charge on any atom is 0.170 e. The zero-order valence-electron chi connectivity index (χ0n) is 5.09. The summed E-state index contributed by atoms with van der Waals surface area (Å²) in [5.74, 6) is -0.162. The number of nitrogens with one attached hydrogen (secondary N) is 2. The Balaban J connectivity index is 3.03. The number of dihydropyridines is 1. The SMILES string of the molecule is N=C1N=CC=C(C=O)C1=N. The molecule has 0 fully saturated rings. The van der Waals surface area contributed by atoms with Crippen molar-refractivity contribution >= 4 is 24.0 Å². The van der Waals surface area contributed by atoms with E-state index in [1.807, 2.05) is 0 Å². The normalized spacial score (nSPS) is 17.0. The molecule has 1 aliphatic heterocycles. The van der Waals surface area contributed by atoms with Crippen LogP contribution in [-0.4, -0.2) is 24.0 Å². The Hall–Kier alpha value is -1.58. The van der Waals surface area contributed by atoms with Crippen LogP contribution in [0.25, 0.3) is 0 Å². The predicted molar refractivity (Wildman–Crippen MR) is 38.1 cm³/mol. The molecule has 0 bridgehead atoms. The molecule has 0 aromatic carbocycles. The van der Waals surface area contributed by atoms with Gasteiger partial charge in [-0.05, 0) is 6.08 Å². The molecule has 10 heavy (non-hydrogen) atoms. The number of hydrogen-bond acceptors (Lipinski definition) is 3. The molecular weight excluding hydrogens is 130 g/mol. The second-order valence-corrected chi connectivity index (χ2v) is 1.74. The van der Waals surface area contributed by atoms with E-state index in [4.69, 9.17) is 10.8 Å². The van der Waals surface area contributed by atoms with E-state index in [9.17, 15) is 4.79 Å². The second-order valence-electron chi connectivity index (χ2n) is 1.74. The van der Waals surface area contributed by atoms with Crippen LogP contribution in [0, 0.1) is 10.8 Å². The average Bonchev–Trinajstić information content (AvgIpc) is 1.95. The highest BCUT2D eigenvalue weighted by molar-refractivity contribution is 6.52. The van der Waals surface area contributed by atoms with Gasteiger partial charge in [0.2, 0.25) is 0 Å². The maximum atomic E-state index is 10.1. The van der Waals surface area contributed by atoms with Gasteiger partial charge in [-0.2, -0.15) is 0 Å². The molecule has 0 saturated heterocycles. The lowest BCUT2D eigenvalue weighted by atomic mass is 10.1. The van der Waals surface area contributed by atoms with Gasteiger partial charge in [0, 0.05) is 11.8 Å². The zero-order valence-corrected chi connectivity index (χ0v) is 5.09. The van der Waals surface area contributed by atoms with Crippen LogP contribution in [0.5, 0.6) is 0 Å². The lowest BCUT2D eigenvalue weighted by Gasteiger charge is -2.02. The largest absolute Gasteiger partial charge is 0.298 e. The highest BCUT2D eigenvalue weighted by Crippen LogP contribution is 1.98. The first kappa shape index (κ1) is 6.54. The number of nitrogens with zero attached hydrogens (tertiary/aromatic N) is 1. The van der Waals surface area contributed by atoms with Crippen molar-refractivity contribution in [2.45, 2.75) is 0 Å². The zero-order chi connectivity index (χ0) is 7.56. The van der Waals surface area contributed by atoms with Crippen molar-refractivity contribution in [1.82, 2.24) is 0 Å². The Bertz CT molecular complexity index is 262. The summed E-state index contributed by atoms with van der Waals surface area (Å²) in [7, 11) is 0. The summed E-state index contributed by atoms with van der Waals surface area (Å²) in [6.07, 6.45) is 3.29. The van der Waals surface area contributed by atoms with Crippen molar-refractivity contribution in [2.24, 2.45) is 4.99 Å². The Morgan fingerprint density at radius 1 is 1.50 bits per heavy atom. The molecule has 0 saturated carbocycles. The van der Waals surface area contributed by atoms with Gasteiger partial charge >= 0.3 is 0 Å². The molecule has 0 atom stereocenters. The quantitative estimate of drug-likeness (QED) is 0.495. The van der Waals surface area contributed by atoms with Crippen molar-refractivity contribution in [3.63, 3.8) is 0 Å². The number of allylic oxidation sites excluding steroid dienone is 1. The number of carbonyl (C=O) groups is 1. The van der Waals surface area contributed by atoms with Gasteiger partial charge in [0.1, 0.15) is 5.71 Å². The van der Waals surface area contributed by atoms with Crippen molar-refractivity contribution in [2.75, 3.05) is 0 Å². The number of hydrogen-bond donors (Lipinski definition) is 2. The molecule has 0 aromatic rings. The fourth-order valence-corrected chi connectivity index (χ4v) is 0.575. The Morgan fingerprint density at radius 3 is 2.70 bits per heavy atom. The van der Waals surface area contributed by atoms with Gasteiger partial charge in [-0.25, -0.2) is 4.99 Å². The standard InChI is InChI=1S/C6H5N3O/c7-5-4(3-10)1-2-9-6(5)8/h1-3,7-8H. The van der Waals surface area contributed by atoms with Crippen molar-refractivity contribution < 1.29 is 4.79 Å². The summed E-state index contributed by atoms with van der Waals surface area (Å²) in [5, 5.41) is 14.1. The van der Waals surface area contributed by atoms with Gasteiger partial charge in [0.25, 0.3) is 0 Å². The maximum absolute atomic E-state index is 10.1. The van der Waals surface area contributed by atoms with Gasteiger partial charge in [-0.15, -0.1) is 0 Å². The predicted octanol–water partition coefficient (Wildman–Crippen LogP) is 0.193. The smallest absolute Gasteiger partial charge is 0.170 e. The minimum Gasteiger partial charge on any atom is -0.298 e. The summed E-state index contributed by atoms with van der Waals surface area (Å²) in [6.45, 7) is 0. The molecule has 1 aliphatic rings. The summed E-state index contributed by atoms with van der Waals surface area (Å²) in [6, 6.07) is 0. The van der Waals surface area contributed by atoms with E-state index < -0.39 is 0 Å². The van der Waals surface area contributed by atoms with Crippen LogP contribution < -0.4 is 0 Å². The summed E-state index contributed by atoms with van der Waals surface area (Å²) < 4.78 is 0. The Morgan fingerprint density at radius 2 is 2.20 bits per heavy atom. The van der Waals surface area contributed by atoms with Gasteiger partial charge in [-0.1, -0.05) is 0 Å². The van der Waals surface area contributed by atoms with E-state index in [0.717, 1.165) is 0 Å². The topological polar surface area (TPSA) is 77.1 Å². The third-order valence-electron chi connectivity index (χ3n) is 1.11. The van der Waals surface area contributed by atoms with Crippen LogP contribution in [0.2, 0.25) is 0 Å². The van der Waals surface area contributed by atoms with Crippen molar-refractivity contribution in [3.05, 3.63) is 11.6 Å². The van der Waals surface area contributed by atoms with Crippen LogP contribution in [0.15, 0.2) is 16.6 Å². The van der Waals surface area contributed by atoms with E-state index >= 15 is 0 Å². The summed E-state index contributed by atoms with van der Waals surface area (Å²) in [4.78, 5) is 13.7.